The van der Waals surface area contributed by atoms with Gasteiger partial charge < -0.3 is 10.2 Å². The van der Waals surface area contributed by atoms with Gasteiger partial charge in [-0.2, -0.15) is 0 Å². The number of nitro groups is 1. The van der Waals surface area contributed by atoms with Gasteiger partial charge in [0, 0.05) is 37.0 Å². The van der Waals surface area contributed by atoms with Crippen LogP contribution in [-0.2, 0) is 0 Å². The number of likely N-dealkylation sites (tertiary alicyclic amines) is 1. The summed E-state index contributed by atoms with van der Waals surface area (Å²) in [6.07, 6.45) is 2.19. The molecule has 0 spiro atoms. The van der Waals surface area contributed by atoms with Crippen LogP contribution in [0.3, 0.4) is 0 Å². The quantitative estimate of drug-likeness (QED) is 0.670. The Balaban J connectivity index is 2.03. The van der Waals surface area contributed by atoms with E-state index >= 15 is 0 Å². The van der Waals surface area contributed by atoms with Crippen LogP contribution < -0.4 is 5.32 Å². The van der Waals surface area contributed by atoms with Crippen molar-refractivity contribution in [3.05, 3.63) is 33.9 Å². The van der Waals surface area contributed by atoms with Gasteiger partial charge in [-0.3, -0.25) is 10.1 Å². The van der Waals surface area contributed by atoms with Crippen molar-refractivity contribution in [2.75, 3.05) is 25.0 Å². The Kier molecular flexibility index (Phi) is 4.37. The van der Waals surface area contributed by atoms with Gasteiger partial charge in [0.25, 0.3) is 5.69 Å². The fourth-order valence-corrected chi connectivity index (χ4v) is 2.49. The van der Waals surface area contributed by atoms with Crippen molar-refractivity contribution in [2.45, 2.75) is 32.7 Å². The van der Waals surface area contributed by atoms with E-state index in [4.69, 9.17) is 0 Å². The van der Waals surface area contributed by atoms with Crippen molar-refractivity contribution in [2.24, 2.45) is 0 Å². The normalized spacial score (nSPS) is 17.4. The SMILES string of the molecule is CCN1CCC(Nc2cc([N+](=O)[O-])ccc2C)CC1. The summed E-state index contributed by atoms with van der Waals surface area (Å²) in [6, 6.07) is 5.42. The zero-order valence-electron chi connectivity index (χ0n) is 11.6. The van der Waals surface area contributed by atoms with Crippen LogP contribution in [0.15, 0.2) is 18.2 Å². The molecule has 0 saturated carbocycles. The third-order valence-corrected chi connectivity index (χ3v) is 3.83. The van der Waals surface area contributed by atoms with Crippen LogP contribution in [0.1, 0.15) is 25.3 Å². The van der Waals surface area contributed by atoms with E-state index in [-0.39, 0.29) is 10.6 Å². The molecule has 1 heterocycles. The molecule has 0 aromatic heterocycles. The third kappa shape index (κ3) is 3.44. The molecule has 2 rings (SSSR count). The van der Waals surface area contributed by atoms with Gasteiger partial charge in [-0.05, 0) is 31.9 Å². The van der Waals surface area contributed by atoms with Gasteiger partial charge in [0.15, 0.2) is 0 Å². The van der Waals surface area contributed by atoms with Crippen LogP contribution in [0.25, 0.3) is 0 Å². The Hall–Kier alpha value is -1.62. The van der Waals surface area contributed by atoms with E-state index < -0.39 is 0 Å². The molecule has 0 amide bonds. The second-order valence-corrected chi connectivity index (χ2v) is 5.11. The lowest BCUT2D eigenvalue weighted by molar-refractivity contribution is -0.384. The smallest absolute Gasteiger partial charge is 0.271 e. The number of piperidine rings is 1. The molecule has 0 radical (unpaired) electrons. The number of hydrogen-bond donors (Lipinski definition) is 1. The summed E-state index contributed by atoms with van der Waals surface area (Å²) < 4.78 is 0. The highest BCUT2D eigenvalue weighted by Gasteiger charge is 2.19. The average Bonchev–Trinajstić information content (AvgIpc) is 2.42. The summed E-state index contributed by atoms with van der Waals surface area (Å²) >= 11 is 0. The number of hydrogen-bond acceptors (Lipinski definition) is 4. The van der Waals surface area contributed by atoms with Crippen LogP contribution in [0.5, 0.6) is 0 Å². The van der Waals surface area contributed by atoms with Crippen molar-refractivity contribution in [1.29, 1.82) is 0 Å². The monoisotopic (exact) mass is 263 g/mol. The molecular weight excluding hydrogens is 242 g/mol. The van der Waals surface area contributed by atoms with E-state index in [9.17, 15) is 10.1 Å². The first-order valence-corrected chi connectivity index (χ1v) is 6.84. The van der Waals surface area contributed by atoms with Crippen LogP contribution >= 0.6 is 0 Å². The van der Waals surface area contributed by atoms with Gasteiger partial charge in [-0.1, -0.05) is 13.0 Å². The zero-order valence-corrected chi connectivity index (χ0v) is 11.6. The molecule has 5 heteroatoms. The second-order valence-electron chi connectivity index (χ2n) is 5.11. The van der Waals surface area contributed by atoms with Crippen LogP contribution in [-0.4, -0.2) is 35.5 Å². The zero-order chi connectivity index (χ0) is 13.8. The first-order chi connectivity index (χ1) is 9.10. The summed E-state index contributed by atoms with van der Waals surface area (Å²) in [4.78, 5) is 12.9. The maximum absolute atomic E-state index is 10.8. The van der Waals surface area contributed by atoms with E-state index in [2.05, 4.69) is 17.1 Å². The summed E-state index contributed by atoms with van der Waals surface area (Å²) in [7, 11) is 0. The highest BCUT2D eigenvalue weighted by Crippen LogP contribution is 2.24. The average molecular weight is 263 g/mol. The van der Waals surface area contributed by atoms with E-state index in [1.54, 1.807) is 12.1 Å². The van der Waals surface area contributed by atoms with Crippen molar-refractivity contribution in [1.82, 2.24) is 4.90 Å². The first-order valence-electron chi connectivity index (χ1n) is 6.84. The maximum Gasteiger partial charge on any atom is 0.271 e. The summed E-state index contributed by atoms with van der Waals surface area (Å²) in [5, 5.41) is 14.3. The molecule has 5 nitrogen and oxygen atoms in total. The number of benzene rings is 1. The topological polar surface area (TPSA) is 58.4 Å². The molecule has 0 aliphatic carbocycles. The third-order valence-electron chi connectivity index (χ3n) is 3.83. The van der Waals surface area contributed by atoms with Crippen molar-refractivity contribution < 1.29 is 4.92 Å². The predicted octanol–water partition coefficient (Wildman–Crippen LogP) is 2.80. The van der Waals surface area contributed by atoms with Crippen LogP contribution in [0, 0.1) is 17.0 Å². The molecule has 19 heavy (non-hydrogen) atoms. The van der Waals surface area contributed by atoms with Crippen LogP contribution in [0.2, 0.25) is 0 Å². The fraction of sp³-hybridized carbons (Fsp3) is 0.571. The molecule has 0 atom stereocenters. The van der Waals surface area contributed by atoms with Crippen molar-refractivity contribution >= 4 is 11.4 Å². The summed E-state index contributed by atoms with van der Waals surface area (Å²) in [6.45, 7) is 7.46. The highest BCUT2D eigenvalue weighted by atomic mass is 16.6. The van der Waals surface area contributed by atoms with E-state index in [1.165, 1.54) is 0 Å². The number of rotatable bonds is 4. The molecule has 1 aromatic carbocycles. The van der Waals surface area contributed by atoms with Crippen molar-refractivity contribution in [3.8, 4) is 0 Å². The molecule has 1 aliphatic rings. The Labute approximate surface area is 113 Å². The number of non-ortho nitro benzene ring substituents is 1. The fourth-order valence-electron chi connectivity index (χ4n) is 2.49. The largest absolute Gasteiger partial charge is 0.382 e. The Morgan fingerprint density at radius 3 is 2.68 bits per heavy atom. The standard InChI is InChI=1S/C14H21N3O2/c1-3-16-8-6-12(7-9-16)15-14-10-13(17(18)19)5-4-11(14)2/h4-5,10,12,15H,3,6-9H2,1-2H3. The molecule has 0 unspecified atom stereocenters. The van der Waals surface area contributed by atoms with Gasteiger partial charge in [0.05, 0.1) is 4.92 Å². The van der Waals surface area contributed by atoms with Gasteiger partial charge >= 0.3 is 0 Å². The summed E-state index contributed by atoms with van der Waals surface area (Å²) in [5.41, 5.74) is 2.10. The predicted molar refractivity (Wildman–Crippen MR) is 76.6 cm³/mol. The van der Waals surface area contributed by atoms with Crippen LogP contribution in [0.4, 0.5) is 11.4 Å². The lowest BCUT2D eigenvalue weighted by atomic mass is 10.0. The Morgan fingerprint density at radius 1 is 1.42 bits per heavy atom. The highest BCUT2D eigenvalue weighted by molar-refractivity contribution is 5.57. The first kappa shape index (κ1) is 13.8. The molecule has 104 valence electrons. The van der Waals surface area contributed by atoms with E-state index in [0.717, 1.165) is 43.7 Å². The molecule has 1 aromatic rings. The molecule has 1 fully saturated rings. The maximum atomic E-state index is 10.8. The number of anilines is 1. The molecular formula is C14H21N3O2. The van der Waals surface area contributed by atoms with Gasteiger partial charge in [0.1, 0.15) is 0 Å². The van der Waals surface area contributed by atoms with E-state index in [1.807, 2.05) is 13.0 Å². The molecule has 1 saturated heterocycles. The van der Waals surface area contributed by atoms with Gasteiger partial charge in [-0.15, -0.1) is 0 Å². The van der Waals surface area contributed by atoms with Gasteiger partial charge in [-0.25, -0.2) is 0 Å². The van der Waals surface area contributed by atoms with Gasteiger partial charge in [0.2, 0.25) is 0 Å². The molecule has 1 N–H and O–H groups in total. The number of aryl methyl sites for hydroxylation is 1. The number of nitrogens with one attached hydrogen (secondary N) is 1. The minimum absolute atomic E-state index is 0.152. The van der Waals surface area contributed by atoms with Crippen molar-refractivity contribution in [3.63, 3.8) is 0 Å². The van der Waals surface area contributed by atoms with E-state index in [0.29, 0.717) is 6.04 Å². The Morgan fingerprint density at radius 2 is 2.11 bits per heavy atom. The minimum Gasteiger partial charge on any atom is -0.382 e. The number of nitrogens with zero attached hydrogens (tertiary/aromatic N) is 2. The number of nitro benzene ring substituents is 1. The minimum atomic E-state index is -0.343. The second kappa shape index (κ2) is 6.02. The lowest BCUT2D eigenvalue weighted by Gasteiger charge is -2.32. The molecule has 1 aliphatic heterocycles. The Bertz CT molecular complexity index is 454. The summed E-state index contributed by atoms with van der Waals surface area (Å²) in [5.74, 6) is 0. The molecule has 0 bridgehead atoms. The lowest BCUT2D eigenvalue weighted by Crippen LogP contribution is -2.38.